The summed E-state index contributed by atoms with van der Waals surface area (Å²) in [5, 5.41) is 14.8. The van der Waals surface area contributed by atoms with Gasteiger partial charge in [-0.1, -0.05) is 18.5 Å². The highest BCUT2D eigenvalue weighted by molar-refractivity contribution is 6.35. The number of rotatable bonds is 2. The van der Waals surface area contributed by atoms with Crippen molar-refractivity contribution in [3.8, 4) is 17.0 Å². The van der Waals surface area contributed by atoms with Crippen molar-refractivity contribution < 1.29 is 9.84 Å². The van der Waals surface area contributed by atoms with E-state index in [0.29, 0.717) is 10.9 Å². The minimum atomic E-state index is -0.534. The summed E-state index contributed by atoms with van der Waals surface area (Å²) in [5.41, 5.74) is 4.36. The fourth-order valence-corrected chi connectivity index (χ4v) is 3.97. The van der Waals surface area contributed by atoms with Crippen molar-refractivity contribution in [1.82, 2.24) is 4.98 Å². The van der Waals surface area contributed by atoms with E-state index in [1.807, 2.05) is 39.0 Å². The molecule has 0 unspecified atom stereocenters. The van der Waals surface area contributed by atoms with Crippen LogP contribution in [0.4, 0.5) is 5.69 Å². The molecule has 0 saturated carbocycles. The normalized spacial score (nSPS) is 21.8. The molecule has 0 aliphatic carbocycles. The number of ether oxygens (including phenoxy) is 1. The predicted molar refractivity (Wildman–Crippen MR) is 98.1 cm³/mol. The van der Waals surface area contributed by atoms with E-state index in [0.717, 1.165) is 27.9 Å². The Hall–Kier alpha value is -1.78. The molecule has 0 saturated heterocycles. The zero-order valence-corrected chi connectivity index (χ0v) is 15.4. The molecule has 128 valence electrons. The van der Waals surface area contributed by atoms with Crippen molar-refractivity contribution in [2.75, 3.05) is 12.4 Å². The zero-order valence-electron chi connectivity index (χ0n) is 14.6. The van der Waals surface area contributed by atoms with E-state index in [9.17, 15) is 5.11 Å². The third-order valence-electron chi connectivity index (χ3n) is 4.87. The summed E-state index contributed by atoms with van der Waals surface area (Å²) in [5.74, 6) is 0.459. The van der Waals surface area contributed by atoms with E-state index in [4.69, 9.17) is 16.3 Å². The first-order valence-electron chi connectivity index (χ1n) is 8.06. The molecular weight excluding hydrogens is 324 g/mol. The van der Waals surface area contributed by atoms with E-state index in [1.54, 1.807) is 13.3 Å². The van der Waals surface area contributed by atoms with E-state index >= 15 is 0 Å². The Morgan fingerprint density at radius 2 is 2.04 bits per heavy atom. The van der Waals surface area contributed by atoms with Gasteiger partial charge >= 0.3 is 0 Å². The molecule has 2 aromatic rings. The number of aryl methyl sites for hydroxylation is 1. The molecule has 0 bridgehead atoms. The molecule has 0 spiro atoms. The van der Waals surface area contributed by atoms with Crippen LogP contribution in [0, 0.1) is 6.92 Å². The maximum Gasteiger partial charge on any atom is 0.221 e. The lowest BCUT2D eigenvalue weighted by Gasteiger charge is -2.43. The number of hydrogen-bond donors (Lipinski definition) is 2. The van der Waals surface area contributed by atoms with Gasteiger partial charge in [-0.25, -0.2) is 4.98 Å². The van der Waals surface area contributed by atoms with E-state index in [-0.39, 0.29) is 5.92 Å². The molecule has 24 heavy (non-hydrogen) atoms. The first-order valence-corrected chi connectivity index (χ1v) is 8.44. The van der Waals surface area contributed by atoms with Gasteiger partial charge in [-0.2, -0.15) is 0 Å². The summed E-state index contributed by atoms with van der Waals surface area (Å²) in [7, 11) is 1.60. The van der Waals surface area contributed by atoms with Crippen LogP contribution in [0.1, 0.15) is 37.8 Å². The molecule has 2 heterocycles. The minimum absolute atomic E-state index is 0.0786. The van der Waals surface area contributed by atoms with Gasteiger partial charge in [0.15, 0.2) is 0 Å². The maximum atomic E-state index is 10.7. The number of benzene rings is 1. The molecular formula is C19H23ClN2O2. The number of nitrogens with one attached hydrogen (secondary N) is 1. The molecule has 0 amide bonds. The molecule has 0 fully saturated rings. The summed E-state index contributed by atoms with van der Waals surface area (Å²) in [4.78, 5) is 4.27. The molecule has 0 radical (unpaired) electrons. The van der Waals surface area contributed by atoms with Crippen LogP contribution in [-0.2, 0) is 0 Å². The number of halogens is 1. The molecule has 3 rings (SSSR count). The van der Waals surface area contributed by atoms with Crippen molar-refractivity contribution in [1.29, 1.82) is 0 Å². The highest BCUT2D eigenvalue weighted by Crippen LogP contribution is 2.48. The molecule has 1 aliphatic rings. The number of fused-ring (bicyclic) bond motifs is 1. The Kier molecular flexibility index (Phi) is 4.22. The van der Waals surface area contributed by atoms with Gasteiger partial charge in [-0.15, -0.1) is 0 Å². The van der Waals surface area contributed by atoms with Crippen LogP contribution < -0.4 is 10.1 Å². The Morgan fingerprint density at radius 3 is 2.71 bits per heavy atom. The van der Waals surface area contributed by atoms with Gasteiger partial charge in [0, 0.05) is 34.5 Å². The second-order valence-corrected chi connectivity index (χ2v) is 7.36. The van der Waals surface area contributed by atoms with Gasteiger partial charge in [0.1, 0.15) is 0 Å². The van der Waals surface area contributed by atoms with Crippen molar-refractivity contribution in [3.63, 3.8) is 0 Å². The van der Waals surface area contributed by atoms with Crippen LogP contribution >= 0.6 is 11.6 Å². The molecule has 4 nitrogen and oxygen atoms in total. The van der Waals surface area contributed by atoms with E-state index in [1.165, 1.54) is 0 Å². The molecule has 1 aliphatic heterocycles. The smallest absolute Gasteiger partial charge is 0.221 e. The average Bonchev–Trinajstić information content (AvgIpc) is 2.55. The first-order chi connectivity index (χ1) is 11.3. The highest BCUT2D eigenvalue weighted by Gasteiger charge is 2.40. The number of hydrogen-bond acceptors (Lipinski definition) is 4. The lowest BCUT2D eigenvalue weighted by molar-refractivity contribution is 0.0869. The quantitative estimate of drug-likeness (QED) is 0.846. The number of aliphatic hydroxyl groups is 1. The number of methoxy groups -OCH3 is 1. The lowest BCUT2D eigenvalue weighted by Crippen LogP contribution is -2.50. The van der Waals surface area contributed by atoms with Crippen LogP contribution in [0.3, 0.4) is 0 Å². The number of nitrogens with zero attached hydrogens (tertiary/aromatic N) is 1. The number of pyridine rings is 1. The average molecular weight is 347 g/mol. The van der Waals surface area contributed by atoms with Crippen LogP contribution in [0.15, 0.2) is 24.4 Å². The third-order valence-corrected chi connectivity index (χ3v) is 5.27. The molecule has 5 heteroatoms. The zero-order chi connectivity index (χ0) is 17.6. The van der Waals surface area contributed by atoms with Crippen molar-refractivity contribution >= 4 is 17.3 Å². The van der Waals surface area contributed by atoms with Gasteiger partial charge in [-0.3, -0.25) is 0 Å². The fraction of sp³-hybridized carbons (Fsp3) is 0.421. The molecule has 2 atom stereocenters. The van der Waals surface area contributed by atoms with E-state index < -0.39 is 11.6 Å². The fourth-order valence-electron chi connectivity index (χ4n) is 3.55. The van der Waals surface area contributed by atoms with Gasteiger partial charge in [0.2, 0.25) is 5.88 Å². The topological polar surface area (TPSA) is 54.4 Å². The standard InChI is InChI=1S/C19H23ClN2O2/c1-10-9-13(12-7-6-8-21-18(12)24-5)15(20)14-11(2)17(23)19(3,4)22-16(10)14/h6-9,11,17,22-23H,1-5H3/t11-,17+/m1/s1. The van der Waals surface area contributed by atoms with Gasteiger partial charge < -0.3 is 15.2 Å². The summed E-state index contributed by atoms with van der Waals surface area (Å²) in [6.07, 6.45) is 1.16. The van der Waals surface area contributed by atoms with Crippen molar-refractivity contribution in [2.45, 2.75) is 45.3 Å². The largest absolute Gasteiger partial charge is 0.481 e. The first kappa shape index (κ1) is 17.1. The second-order valence-electron chi connectivity index (χ2n) is 6.98. The number of anilines is 1. The predicted octanol–water partition coefficient (Wildman–Crippen LogP) is 4.39. The van der Waals surface area contributed by atoms with Gasteiger partial charge in [0.05, 0.1) is 23.8 Å². The van der Waals surface area contributed by atoms with Crippen molar-refractivity contribution in [3.05, 3.63) is 40.5 Å². The summed E-state index contributed by atoms with van der Waals surface area (Å²) < 4.78 is 5.38. The molecule has 1 aromatic heterocycles. The van der Waals surface area contributed by atoms with Crippen LogP contribution in [-0.4, -0.2) is 28.8 Å². The van der Waals surface area contributed by atoms with Gasteiger partial charge in [0.25, 0.3) is 0 Å². The summed E-state index contributed by atoms with van der Waals surface area (Å²) in [6, 6.07) is 5.86. The van der Waals surface area contributed by atoms with Gasteiger partial charge in [-0.05, 0) is 44.5 Å². The Labute approximate surface area is 147 Å². The summed E-state index contributed by atoms with van der Waals surface area (Å²) in [6.45, 7) is 8.07. The monoisotopic (exact) mass is 346 g/mol. The highest BCUT2D eigenvalue weighted by atomic mass is 35.5. The molecule has 2 N–H and O–H groups in total. The third kappa shape index (κ3) is 2.54. The Morgan fingerprint density at radius 1 is 1.33 bits per heavy atom. The Bertz CT molecular complexity index is 789. The lowest BCUT2D eigenvalue weighted by atomic mass is 9.77. The maximum absolute atomic E-state index is 10.7. The van der Waals surface area contributed by atoms with Crippen LogP contribution in [0.25, 0.3) is 11.1 Å². The molecule has 1 aromatic carbocycles. The second kappa shape index (κ2) is 5.94. The Balaban J connectivity index is 2.26. The van der Waals surface area contributed by atoms with Crippen LogP contribution in [0.2, 0.25) is 5.02 Å². The number of aromatic nitrogens is 1. The van der Waals surface area contributed by atoms with Crippen molar-refractivity contribution in [2.24, 2.45) is 0 Å². The SMILES string of the molecule is COc1ncccc1-c1cc(C)c2c(c1Cl)[C@@H](C)[C@H](O)C(C)(C)N2. The van der Waals surface area contributed by atoms with Crippen LogP contribution in [0.5, 0.6) is 5.88 Å². The van der Waals surface area contributed by atoms with E-state index in [2.05, 4.69) is 17.2 Å². The summed E-state index contributed by atoms with van der Waals surface area (Å²) >= 11 is 6.78. The number of aliphatic hydroxyl groups excluding tert-OH is 1. The minimum Gasteiger partial charge on any atom is -0.481 e.